The molecule has 1 heterocycles. The topological polar surface area (TPSA) is 95.1 Å². The number of benzene rings is 2. The minimum Gasteiger partial charge on any atom is -0.486 e. The molecule has 3 aromatic rings. The summed E-state index contributed by atoms with van der Waals surface area (Å²) < 4.78 is 7.19. The Labute approximate surface area is 187 Å². The molecule has 1 atom stereocenters. The van der Waals surface area contributed by atoms with Crippen LogP contribution in [0.5, 0.6) is 5.75 Å². The molecule has 0 spiro atoms. The van der Waals surface area contributed by atoms with E-state index in [0.29, 0.717) is 11.0 Å². The first-order valence-corrected chi connectivity index (χ1v) is 11.3. The molecular formula is C23H29N5O2S. The minimum atomic E-state index is -0.0664. The van der Waals surface area contributed by atoms with Gasteiger partial charge in [-0.25, -0.2) is 4.68 Å². The van der Waals surface area contributed by atoms with E-state index >= 15 is 0 Å². The number of carbonyl (C=O) groups excluding carboxylic acids is 1. The second-order valence-corrected chi connectivity index (χ2v) is 8.43. The minimum absolute atomic E-state index is 0.00297. The lowest BCUT2D eigenvalue weighted by Crippen LogP contribution is -2.30. The Morgan fingerprint density at radius 3 is 2.55 bits per heavy atom. The lowest BCUT2D eigenvalue weighted by Gasteiger charge is -2.18. The van der Waals surface area contributed by atoms with Gasteiger partial charge in [0.2, 0.25) is 11.1 Å². The highest BCUT2D eigenvalue weighted by Gasteiger charge is 2.16. The summed E-state index contributed by atoms with van der Waals surface area (Å²) in [7, 11) is 0. The number of hydrogen-bond donors (Lipinski definition) is 2. The van der Waals surface area contributed by atoms with Gasteiger partial charge in [-0.15, -0.1) is 10.2 Å². The Morgan fingerprint density at radius 2 is 1.87 bits per heavy atom. The van der Waals surface area contributed by atoms with E-state index in [9.17, 15) is 4.79 Å². The van der Waals surface area contributed by atoms with E-state index in [2.05, 4.69) is 28.5 Å². The molecule has 31 heavy (non-hydrogen) atoms. The first-order chi connectivity index (χ1) is 15.0. The van der Waals surface area contributed by atoms with Crippen molar-refractivity contribution in [2.45, 2.75) is 51.4 Å². The normalized spacial score (nSPS) is 11.8. The Bertz CT molecular complexity index is 986. The zero-order chi connectivity index (χ0) is 22.2. The molecular weight excluding hydrogens is 410 g/mol. The van der Waals surface area contributed by atoms with Crippen LogP contribution >= 0.6 is 11.8 Å². The zero-order valence-corrected chi connectivity index (χ0v) is 19.0. The summed E-state index contributed by atoms with van der Waals surface area (Å²) >= 11 is 1.25. The standard InChI is InChI=1S/C23H29N5O2S/c1-4-8-20(18-9-6-5-7-10-18)25-22(29)15-31-23-27-26-21(28(23)24)14-30-19-12-16(2)11-17(3)13-19/h5-7,9-13,20H,4,8,14-15,24H2,1-3H3,(H,25,29). The van der Waals surface area contributed by atoms with Crippen molar-refractivity contribution in [2.75, 3.05) is 11.6 Å². The number of hydrogen-bond acceptors (Lipinski definition) is 6. The summed E-state index contributed by atoms with van der Waals surface area (Å²) in [6.45, 7) is 6.35. The predicted octanol–water partition coefficient (Wildman–Crippen LogP) is 3.94. The van der Waals surface area contributed by atoms with Gasteiger partial charge in [0.25, 0.3) is 0 Å². The number of amides is 1. The van der Waals surface area contributed by atoms with E-state index < -0.39 is 0 Å². The van der Waals surface area contributed by atoms with Gasteiger partial charge in [-0.05, 0) is 49.1 Å². The lowest BCUT2D eigenvalue weighted by molar-refractivity contribution is -0.119. The van der Waals surface area contributed by atoms with Crippen LogP contribution in [0.15, 0.2) is 53.7 Å². The number of carbonyl (C=O) groups is 1. The third kappa shape index (κ3) is 6.49. The molecule has 2 aromatic carbocycles. The molecule has 1 amide bonds. The molecule has 0 saturated carbocycles. The second-order valence-electron chi connectivity index (χ2n) is 7.49. The molecule has 0 radical (unpaired) electrons. The number of rotatable bonds is 10. The van der Waals surface area contributed by atoms with Crippen molar-refractivity contribution in [3.8, 4) is 5.75 Å². The van der Waals surface area contributed by atoms with Crippen LogP contribution in [0.2, 0.25) is 0 Å². The van der Waals surface area contributed by atoms with Crippen LogP contribution in [-0.4, -0.2) is 26.5 Å². The maximum Gasteiger partial charge on any atom is 0.230 e. The van der Waals surface area contributed by atoms with Gasteiger partial charge in [-0.2, -0.15) is 0 Å². The Hall–Kier alpha value is -3.00. The first-order valence-electron chi connectivity index (χ1n) is 10.3. The molecule has 0 aliphatic rings. The van der Waals surface area contributed by atoms with Crippen LogP contribution in [0.25, 0.3) is 0 Å². The summed E-state index contributed by atoms with van der Waals surface area (Å²) in [4.78, 5) is 12.5. The molecule has 0 bridgehead atoms. The number of aromatic nitrogens is 3. The molecule has 7 nitrogen and oxygen atoms in total. The van der Waals surface area contributed by atoms with Crippen LogP contribution in [0.1, 0.15) is 48.3 Å². The predicted molar refractivity (Wildman–Crippen MR) is 123 cm³/mol. The van der Waals surface area contributed by atoms with E-state index in [1.165, 1.54) is 16.4 Å². The summed E-state index contributed by atoms with van der Waals surface area (Å²) in [6, 6.07) is 16.0. The van der Waals surface area contributed by atoms with Crippen LogP contribution < -0.4 is 15.9 Å². The number of aryl methyl sites for hydroxylation is 2. The number of nitrogens with one attached hydrogen (secondary N) is 1. The molecule has 0 aliphatic carbocycles. The highest BCUT2D eigenvalue weighted by Crippen LogP contribution is 2.21. The number of nitrogens with zero attached hydrogens (tertiary/aromatic N) is 3. The van der Waals surface area contributed by atoms with E-state index in [-0.39, 0.29) is 24.3 Å². The molecule has 0 fully saturated rings. The van der Waals surface area contributed by atoms with E-state index in [1.807, 2.05) is 56.3 Å². The Balaban J connectivity index is 1.54. The van der Waals surface area contributed by atoms with Crippen molar-refractivity contribution in [1.29, 1.82) is 0 Å². The summed E-state index contributed by atoms with van der Waals surface area (Å²) in [5, 5.41) is 11.8. The van der Waals surface area contributed by atoms with Gasteiger partial charge in [0.05, 0.1) is 11.8 Å². The third-order valence-electron chi connectivity index (χ3n) is 4.75. The van der Waals surface area contributed by atoms with Crippen molar-refractivity contribution in [3.63, 3.8) is 0 Å². The van der Waals surface area contributed by atoms with Crippen LogP contribution in [-0.2, 0) is 11.4 Å². The molecule has 0 aliphatic heterocycles. The summed E-state index contributed by atoms with van der Waals surface area (Å²) in [5.41, 5.74) is 3.36. The average Bonchev–Trinajstić information content (AvgIpc) is 3.10. The van der Waals surface area contributed by atoms with Gasteiger partial charge in [-0.3, -0.25) is 4.79 Å². The van der Waals surface area contributed by atoms with E-state index in [0.717, 1.165) is 35.3 Å². The monoisotopic (exact) mass is 439 g/mol. The average molecular weight is 440 g/mol. The fourth-order valence-electron chi connectivity index (χ4n) is 3.33. The molecule has 164 valence electrons. The van der Waals surface area contributed by atoms with Gasteiger partial charge in [0.15, 0.2) is 5.82 Å². The number of ether oxygens (including phenoxy) is 1. The van der Waals surface area contributed by atoms with Crippen LogP contribution in [0.3, 0.4) is 0 Å². The van der Waals surface area contributed by atoms with Gasteiger partial charge < -0.3 is 15.9 Å². The number of thioether (sulfide) groups is 1. The molecule has 3 N–H and O–H groups in total. The highest BCUT2D eigenvalue weighted by atomic mass is 32.2. The smallest absolute Gasteiger partial charge is 0.230 e. The highest BCUT2D eigenvalue weighted by molar-refractivity contribution is 7.99. The van der Waals surface area contributed by atoms with Gasteiger partial charge in [0, 0.05) is 0 Å². The SMILES string of the molecule is CCCC(NC(=O)CSc1nnc(COc2cc(C)cc(C)c2)n1N)c1ccccc1. The zero-order valence-electron chi connectivity index (χ0n) is 18.2. The quantitative estimate of drug-likeness (QED) is 0.367. The van der Waals surface area contributed by atoms with Crippen LogP contribution in [0.4, 0.5) is 0 Å². The largest absolute Gasteiger partial charge is 0.486 e. The fourth-order valence-corrected chi connectivity index (χ4v) is 4.02. The molecule has 1 aromatic heterocycles. The Kier molecular flexibility index (Phi) is 7.94. The lowest BCUT2D eigenvalue weighted by atomic mass is 10.0. The van der Waals surface area contributed by atoms with Crippen molar-refractivity contribution in [2.24, 2.45) is 0 Å². The molecule has 1 unspecified atom stereocenters. The second kappa shape index (κ2) is 10.9. The Morgan fingerprint density at radius 1 is 1.16 bits per heavy atom. The molecule has 0 saturated heterocycles. The first kappa shape index (κ1) is 22.7. The third-order valence-corrected chi connectivity index (χ3v) is 5.69. The van der Waals surface area contributed by atoms with Crippen molar-refractivity contribution in [1.82, 2.24) is 20.2 Å². The number of nitrogen functional groups attached to an aromatic ring is 1. The van der Waals surface area contributed by atoms with E-state index in [1.54, 1.807) is 0 Å². The summed E-state index contributed by atoms with van der Waals surface area (Å²) in [6.07, 6.45) is 1.86. The maximum absolute atomic E-state index is 12.5. The van der Waals surface area contributed by atoms with Gasteiger partial charge in [0.1, 0.15) is 12.4 Å². The van der Waals surface area contributed by atoms with Gasteiger partial charge in [-0.1, -0.05) is 61.5 Å². The van der Waals surface area contributed by atoms with Gasteiger partial charge >= 0.3 is 0 Å². The maximum atomic E-state index is 12.5. The molecule has 8 heteroatoms. The summed E-state index contributed by atoms with van der Waals surface area (Å²) in [5.74, 6) is 7.51. The van der Waals surface area contributed by atoms with E-state index in [4.69, 9.17) is 10.6 Å². The molecule has 3 rings (SSSR count). The van der Waals surface area contributed by atoms with Crippen molar-refractivity contribution in [3.05, 3.63) is 71.0 Å². The fraction of sp³-hybridized carbons (Fsp3) is 0.348. The van der Waals surface area contributed by atoms with Crippen molar-refractivity contribution < 1.29 is 9.53 Å². The van der Waals surface area contributed by atoms with Crippen LogP contribution in [0, 0.1) is 13.8 Å². The number of nitrogens with two attached hydrogens (primary N) is 1. The van der Waals surface area contributed by atoms with Crippen molar-refractivity contribution >= 4 is 17.7 Å².